The molecule has 0 unspecified atom stereocenters. The van der Waals surface area contributed by atoms with Crippen LogP contribution >= 0.6 is 12.2 Å². The second kappa shape index (κ2) is 6.19. The lowest BCUT2D eigenvalue weighted by Crippen LogP contribution is -2.27. The van der Waals surface area contributed by atoms with Crippen LogP contribution < -0.4 is 11.1 Å². The van der Waals surface area contributed by atoms with Gasteiger partial charge in [-0.3, -0.25) is 0 Å². The van der Waals surface area contributed by atoms with Gasteiger partial charge in [0.2, 0.25) is 0 Å². The fourth-order valence-corrected chi connectivity index (χ4v) is 2.36. The summed E-state index contributed by atoms with van der Waals surface area (Å²) >= 11 is 4.67. The molecule has 1 fully saturated rings. The van der Waals surface area contributed by atoms with Crippen molar-refractivity contribution in [3.63, 3.8) is 0 Å². The number of halogens is 3. The van der Waals surface area contributed by atoms with E-state index in [1.54, 1.807) is 6.07 Å². The number of thiocarbonyl (C=S) groups is 1. The summed E-state index contributed by atoms with van der Waals surface area (Å²) in [7, 11) is 2.02. The quantitative estimate of drug-likeness (QED) is 0.792. The van der Waals surface area contributed by atoms with Gasteiger partial charge < -0.3 is 16.0 Å². The molecule has 0 bridgehead atoms. The molecule has 1 aliphatic carbocycles. The standard InChI is InChI=1S/C14H18F3N3S/c1-20(10-3-4-10)7-6-19-9-2-5-11(13(18)21)12(8-9)14(15,16)17/h2,5,8,10,19H,3-4,6-7H2,1H3,(H2,18,21). The van der Waals surface area contributed by atoms with Crippen molar-refractivity contribution >= 4 is 22.9 Å². The molecule has 0 atom stereocenters. The van der Waals surface area contributed by atoms with Crippen molar-refractivity contribution in [1.29, 1.82) is 0 Å². The Balaban J connectivity index is 2.04. The Morgan fingerprint density at radius 2 is 2.10 bits per heavy atom. The molecule has 3 nitrogen and oxygen atoms in total. The average Bonchev–Trinajstić information content (AvgIpc) is 3.21. The van der Waals surface area contributed by atoms with Crippen LogP contribution in [0, 0.1) is 0 Å². The van der Waals surface area contributed by atoms with Crippen LogP contribution in [-0.4, -0.2) is 36.1 Å². The van der Waals surface area contributed by atoms with Crippen LogP contribution in [0.25, 0.3) is 0 Å². The maximum atomic E-state index is 13.0. The molecule has 1 aromatic rings. The van der Waals surface area contributed by atoms with Gasteiger partial charge in [-0.2, -0.15) is 13.2 Å². The van der Waals surface area contributed by atoms with Gasteiger partial charge >= 0.3 is 6.18 Å². The minimum Gasteiger partial charge on any atom is -0.389 e. The van der Waals surface area contributed by atoms with Crippen LogP contribution in [0.1, 0.15) is 24.0 Å². The number of likely N-dealkylation sites (N-methyl/N-ethyl adjacent to an activating group) is 1. The SMILES string of the molecule is CN(CCNc1ccc(C(N)=S)c(C(F)(F)F)c1)C1CC1. The third-order valence-electron chi connectivity index (χ3n) is 3.55. The zero-order valence-electron chi connectivity index (χ0n) is 11.7. The van der Waals surface area contributed by atoms with Gasteiger partial charge in [-0.1, -0.05) is 12.2 Å². The highest BCUT2D eigenvalue weighted by atomic mass is 32.1. The lowest BCUT2D eigenvalue weighted by molar-refractivity contribution is -0.137. The third kappa shape index (κ3) is 4.31. The van der Waals surface area contributed by atoms with E-state index in [0.29, 0.717) is 18.3 Å². The van der Waals surface area contributed by atoms with E-state index in [4.69, 9.17) is 5.73 Å². The first-order valence-corrected chi connectivity index (χ1v) is 7.15. The van der Waals surface area contributed by atoms with Crippen LogP contribution in [0.2, 0.25) is 0 Å². The van der Waals surface area contributed by atoms with Gasteiger partial charge in [0, 0.05) is 30.4 Å². The number of hydrogen-bond donors (Lipinski definition) is 2. The smallest absolute Gasteiger partial charge is 0.389 e. The summed E-state index contributed by atoms with van der Waals surface area (Å²) in [4.78, 5) is 1.96. The number of nitrogens with zero attached hydrogens (tertiary/aromatic N) is 1. The molecule has 1 aromatic carbocycles. The van der Waals surface area contributed by atoms with Gasteiger partial charge in [-0.25, -0.2) is 0 Å². The molecule has 0 spiro atoms. The highest BCUT2D eigenvalue weighted by Gasteiger charge is 2.34. The molecular weight excluding hydrogens is 299 g/mol. The number of hydrogen-bond acceptors (Lipinski definition) is 3. The van der Waals surface area contributed by atoms with Crippen LogP contribution in [-0.2, 0) is 6.18 Å². The van der Waals surface area contributed by atoms with E-state index in [-0.39, 0.29) is 10.6 Å². The van der Waals surface area contributed by atoms with Crippen molar-refractivity contribution < 1.29 is 13.2 Å². The molecule has 0 aliphatic heterocycles. The third-order valence-corrected chi connectivity index (χ3v) is 3.77. The molecule has 116 valence electrons. The van der Waals surface area contributed by atoms with Crippen molar-refractivity contribution in [1.82, 2.24) is 4.90 Å². The topological polar surface area (TPSA) is 41.3 Å². The summed E-state index contributed by atoms with van der Waals surface area (Å²) in [5.41, 5.74) is 4.83. The van der Waals surface area contributed by atoms with Gasteiger partial charge in [0.15, 0.2) is 0 Å². The Hall–Kier alpha value is -1.34. The number of rotatable bonds is 6. The summed E-state index contributed by atoms with van der Waals surface area (Å²) < 4.78 is 39.0. The van der Waals surface area contributed by atoms with Gasteiger partial charge in [0.25, 0.3) is 0 Å². The minimum absolute atomic E-state index is 0.141. The first kappa shape index (κ1) is 16.0. The highest BCUT2D eigenvalue weighted by Crippen LogP contribution is 2.33. The summed E-state index contributed by atoms with van der Waals surface area (Å²) in [5, 5.41) is 3.01. The number of nitrogens with two attached hydrogens (primary N) is 1. The fraction of sp³-hybridized carbons (Fsp3) is 0.500. The van der Waals surface area contributed by atoms with E-state index in [2.05, 4.69) is 22.4 Å². The number of anilines is 1. The van der Waals surface area contributed by atoms with Gasteiger partial charge in [0.05, 0.1) is 5.56 Å². The van der Waals surface area contributed by atoms with Crippen LogP contribution in [0.4, 0.5) is 18.9 Å². The summed E-state index contributed by atoms with van der Waals surface area (Å²) in [6, 6.07) is 4.58. The van der Waals surface area contributed by atoms with E-state index in [1.807, 2.05) is 7.05 Å². The van der Waals surface area contributed by atoms with E-state index in [1.165, 1.54) is 18.9 Å². The monoisotopic (exact) mass is 317 g/mol. The van der Waals surface area contributed by atoms with E-state index < -0.39 is 11.7 Å². The Bertz CT molecular complexity index is 527. The molecule has 3 N–H and O–H groups in total. The van der Waals surface area contributed by atoms with E-state index >= 15 is 0 Å². The summed E-state index contributed by atoms with van der Waals surface area (Å²) in [5.74, 6) is 0. The number of nitrogens with one attached hydrogen (secondary N) is 1. The lowest BCUT2D eigenvalue weighted by Gasteiger charge is -2.18. The minimum atomic E-state index is -4.47. The zero-order valence-corrected chi connectivity index (χ0v) is 12.5. The van der Waals surface area contributed by atoms with Gasteiger partial charge in [0.1, 0.15) is 4.99 Å². The molecule has 0 heterocycles. The summed E-state index contributed by atoms with van der Waals surface area (Å²) in [6.07, 6.45) is -2.06. The average molecular weight is 317 g/mol. The van der Waals surface area contributed by atoms with Crippen molar-refractivity contribution in [3.05, 3.63) is 29.3 Å². The Kier molecular flexibility index (Phi) is 4.73. The van der Waals surface area contributed by atoms with Crippen LogP contribution in [0.15, 0.2) is 18.2 Å². The molecule has 0 radical (unpaired) electrons. The maximum absolute atomic E-state index is 13.0. The fourth-order valence-electron chi connectivity index (χ4n) is 2.18. The van der Waals surface area contributed by atoms with Gasteiger partial charge in [-0.15, -0.1) is 0 Å². The van der Waals surface area contributed by atoms with E-state index in [9.17, 15) is 13.2 Å². The Labute approximate surface area is 127 Å². The predicted molar refractivity (Wildman–Crippen MR) is 81.5 cm³/mol. The normalized spacial score (nSPS) is 15.3. The first-order chi connectivity index (χ1) is 9.79. The molecule has 1 saturated carbocycles. The molecule has 1 aliphatic rings. The highest BCUT2D eigenvalue weighted by molar-refractivity contribution is 7.80. The molecule has 0 amide bonds. The first-order valence-electron chi connectivity index (χ1n) is 6.74. The second-order valence-corrected chi connectivity index (χ2v) is 5.70. The molecule has 7 heteroatoms. The zero-order chi connectivity index (χ0) is 15.6. The molecule has 0 aromatic heterocycles. The van der Waals surface area contributed by atoms with Crippen molar-refractivity contribution in [2.75, 3.05) is 25.5 Å². The molecule has 0 saturated heterocycles. The molecule has 21 heavy (non-hydrogen) atoms. The van der Waals surface area contributed by atoms with E-state index in [0.717, 1.165) is 12.6 Å². The van der Waals surface area contributed by atoms with Crippen molar-refractivity contribution in [2.24, 2.45) is 5.73 Å². The summed E-state index contributed by atoms with van der Waals surface area (Å²) in [6.45, 7) is 1.39. The Morgan fingerprint density at radius 3 is 2.62 bits per heavy atom. The van der Waals surface area contributed by atoms with Crippen LogP contribution in [0.3, 0.4) is 0 Å². The number of alkyl halides is 3. The van der Waals surface area contributed by atoms with Crippen LogP contribution in [0.5, 0.6) is 0 Å². The van der Waals surface area contributed by atoms with Gasteiger partial charge in [-0.05, 0) is 38.1 Å². The molecular formula is C14H18F3N3S. The Morgan fingerprint density at radius 1 is 1.43 bits per heavy atom. The lowest BCUT2D eigenvalue weighted by atomic mass is 10.1. The maximum Gasteiger partial charge on any atom is 0.417 e. The second-order valence-electron chi connectivity index (χ2n) is 5.26. The molecule has 2 rings (SSSR count). The van der Waals surface area contributed by atoms with Crippen molar-refractivity contribution in [3.8, 4) is 0 Å². The predicted octanol–water partition coefficient (Wildman–Crippen LogP) is 2.85. The largest absolute Gasteiger partial charge is 0.417 e. The van der Waals surface area contributed by atoms with Crippen molar-refractivity contribution in [2.45, 2.75) is 25.1 Å². The number of benzene rings is 1.